The lowest BCUT2D eigenvalue weighted by atomic mass is 9.80. The van der Waals surface area contributed by atoms with Gasteiger partial charge in [0.2, 0.25) is 0 Å². The Hall–Kier alpha value is -1.57. The van der Waals surface area contributed by atoms with Crippen LogP contribution >= 0.6 is 0 Å². The van der Waals surface area contributed by atoms with E-state index in [2.05, 4.69) is 25.1 Å². The van der Waals surface area contributed by atoms with Crippen LogP contribution in [0.5, 0.6) is 0 Å². The first-order valence-corrected chi connectivity index (χ1v) is 5.59. The van der Waals surface area contributed by atoms with Gasteiger partial charge in [-0.05, 0) is 42.4 Å². The van der Waals surface area contributed by atoms with Gasteiger partial charge in [-0.3, -0.25) is 0 Å². The van der Waals surface area contributed by atoms with Gasteiger partial charge < -0.3 is 5.11 Å². The quantitative estimate of drug-likeness (QED) is 0.732. The fourth-order valence-electron chi connectivity index (χ4n) is 2.39. The van der Waals surface area contributed by atoms with Crippen LogP contribution in [0.4, 0.5) is 0 Å². The summed E-state index contributed by atoms with van der Waals surface area (Å²) in [5.41, 5.74) is 4.55. The SMILES string of the molecule is Cc1ccc2c(c1)/C(=C/C(=O)O)CC(C)C2. The van der Waals surface area contributed by atoms with E-state index >= 15 is 0 Å². The third kappa shape index (κ3) is 2.16. The first-order chi connectivity index (χ1) is 7.56. The predicted octanol–water partition coefficient (Wildman–Crippen LogP) is 3.05. The minimum Gasteiger partial charge on any atom is -0.478 e. The molecule has 0 radical (unpaired) electrons. The van der Waals surface area contributed by atoms with Gasteiger partial charge in [-0.25, -0.2) is 4.79 Å². The Morgan fingerprint density at radius 3 is 2.88 bits per heavy atom. The standard InChI is InChI=1S/C14H16O2/c1-9-3-4-11-5-10(2)6-12(8-14(15)16)13(11)7-9/h3-4,7-8,10H,5-6H2,1-2H3,(H,15,16)/b12-8+. The smallest absolute Gasteiger partial charge is 0.328 e. The van der Waals surface area contributed by atoms with Gasteiger partial charge in [-0.1, -0.05) is 30.7 Å². The van der Waals surface area contributed by atoms with E-state index in [1.54, 1.807) is 0 Å². The molecule has 84 valence electrons. The maximum Gasteiger partial charge on any atom is 0.328 e. The maximum atomic E-state index is 10.8. The Morgan fingerprint density at radius 2 is 2.19 bits per heavy atom. The highest BCUT2D eigenvalue weighted by Crippen LogP contribution is 2.34. The molecule has 1 aromatic carbocycles. The summed E-state index contributed by atoms with van der Waals surface area (Å²) in [7, 11) is 0. The first kappa shape index (κ1) is 10.9. The Labute approximate surface area is 95.6 Å². The van der Waals surface area contributed by atoms with Gasteiger partial charge in [0.15, 0.2) is 0 Å². The molecule has 0 heterocycles. The van der Waals surface area contributed by atoms with Crippen LogP contribution in [0.15, 0.2) is 24.3 Å². The molecule has 0 aromatic heterocycles. The summed E-state index contributed by atoms with van der Waals surface area (Å²) in [5.74, 6) is -0.322. The zero-order chi connectivity index (χ0) is 11.7. The molecular formula is C14H16O2. The lowest BCUT2D eigenvalue weighted by molar-refractivity contribution is -0.131. The topological polar surface area (TPSA) is 37.3 Å². The molecule has 0 fully saturated rings. The van der Waals surface area contributed by atoms with Crippen LogP contribution in [0.25, 0.3) is 5.57 Å². The largest absolute Gasteiger partial charge is 0.478 e. The molecule has 0 spiro atoms. The van der Waals surface area contributed by atoms with E-state index in [1.165, 1.54) is 17.2 Å². The summed E-state index contributed by atoms with van der Waals surface area (Å²) >= 11 is 0. The number of carboxylic acids is 1. The second-order valence-electron chi connectivity index (χ2n) is 4.68. The molecule has 1 N–H and O–H groups in total. The zero-order valence-corrected chi connectivity index (χ0v) is 9.66. The van der Waals surface area contributed by atoms with E-state index in [-0.39, 0.29) is 0 Å². The zero-order valence-electron chi connectivity index (χ0n) is 9.66. The Kier molecular flexibility index (Phi) is 2.82. The molecule has 2 nitrogen and oxygen atoms in total. The first-order valence-electron chi connectivity index (χ1n) is 5.59. The Bertz CT molecular complexity index is 458. The fraction of sp³-hybridized carbons (Fsp3) is 0.357. The molecule has 1 aliphatic rings. The average Bonchev–Trinajstić information content (AvgIpc) is 2.18. The summed E-state index contributed by atoms with van der Waals surface area (Å²) in [6.07, 6.45) is 3.27. The van der Waals surface area contributed by atoms with Crippen molar-refractivity contribution in [3.8, 4) is 0 Å². The number of aliphatic carboxylic acids is 1. The van der Waals surface area contributed by atoms with Crippen LogP contribution in [0.2, 0.25) is 0 Å². The highest BCUT2D eigenvalue weighted by Gasteiger charge is 2.19. The molecule has 0 aliphatic heterocycles. The van der Waals surface area contributed by atoms with Crippen molar-refractivity contribution < 1.29 is 9.90 Å². The monoisotopic (exact) mass is 216 g/mol. The molecule has 1 unspecified atom stereocenters. The second kappa shape index (κ2) is 4.12. The van der Waals surface area contributed by atoms with Crippen LogP contribution < -0.4 is 0 Å². The third-order valence-corrected chi connectivity index (χ3v) is 3.05. The van der Waals surface area contributed by atoms with Gasteiger partial charge in [0.1, 0.15) is 0 Å². The van der Waals surface area contributed by atoms with Crippen LogP contribution in [0, 0.1) is 12.8 Å². The summed E-state index contributed by atoms with van der Waals surface area (Å²) in [4.78, 5) is 10.8. The van der Waals surface area contributed by atoms with E-state index in [1.807, 2.05) is 6.92 Å². The van der Waals surface area contributed by atoms with Crippen LogP contribution in [0.3, 0.4) is 0 Å². The van der Waals surface area contributed by atoms with E-state index in [4.69, 9.17) is 5.11 Å². The number of hydrogen-bond donors (Lipinski definition) is 1. The van der Waals surface area contributed by atoms with Gasteiger partial charge in [-0.15, -0.1) is 0 Å². The Balaban J connectivity index is 2.51. The molecule has 2 rings (SSSR count). The van der Waals surface area contributed by atoms with E-state index in [0.29, 0.717) is 5.92 Å². The predicted molar refractivity (Wildman–Crippen MR) is 64.3 cm³/mol. The molecule has 0 saturated carbocycles. The van der Waals surface area contributed by atoms with Crippen molar-refractivity contribution in [2.45, 2.75) is 26.7 Å². The van der Waals surface area contributed by atoms with Crippen molar-refractivity contribution in [1.29, 1.82) is 0 Å². The normalized spacial score (nSPS) is 21.9. The molecule has 1 aliphatic carbocycles. The van der Waals surface area contributed by atoms with Crippen LogP contribution in [-0.4, -0.2) is 11.1 Å². The number of carboxylic acid groups (broad SMARTS) is 1. The summed E-state index contributed by atoms with van der Waals surface area (Å²) in [6.45, 7) is 4.20. The fourth-order valence-corrected chi connectivity index (χ4v) is 2.39. The molecule has 0 saturated heterocycles. The van der Waals surface area contributed by atoms with Gasteiger partial charge in [0, 0.05) is 6.08 Å². The van der Waals surface area contributed by atoms with E-state index in [0.717, 1.165) is 24.0 Å². The highest BCUT2D eigenvalue weighted by atomic mass is 16.4. The van der Waals surface area contributed by atoms with Crippen LogP contribution in [0.1, 0.15) is 30.0 Å². The van der Waals surface area contributed by atoms with E-state index in [9.17, 15) is 4.79 Å². The lowest BCUT2D eigenvalue weighted by Gasteiger charge is -2.24. The number of rotatable bonds is 1. The minimum absolute atomic E-state index is 0.529. The lowest BCUT2D eigenvalue weighted by Crippen LogP contribution is -2.11. The van der Waals surface area contributed by atoms with Crippen molar-refractivity contribution in [3.05, 3.63) is 41.0 Å². The molecule has 0 amide bonds. The number of hydrogen-bond acceptors (Lipinski definition) is 1. The number of fused-ring (bicyclic) bond motifs is 1. The van der Waals surface area contributed by atoms with Crippen molar-refractivity contribution >= 4 is 11.5 Å². The van der Waals surface area contributed by atoms with Gasteiger partial charge >= 0.3 is 5.97 Å². The van der Waals surface area contributed by atoms with Crippen molar-refractivity contribution in [2.24, 2.45) is 5.92 Å². The third-order valence-electron chi connectivity index (χ3n) is 3.05. The van der Waals surface area contributed by atoms with Crippen molar-refractivity contribution in [3.63, 3.8) is 0 Å². The number of benzene rings is 1. The van der Waals surface area contributed by atoms with Crippen molar-refractivity contribution in [2.75, 3.05) is 0 Å². The van der Waals surface area contributed by atoms with E-state index < -0.39 is 5.97 Å². The average molecular weight is 216 g/mol. The molecular weight excluding hydrogens is 200 g/mol. The van der Waals surface area contributed by atoms with Gasteiger partial charge in [-0.2, -0.15) is 0 Å². The second-order valence-corrected chi connectivity index (χ2v) is 4.68. The number of aryl methyl sites for hydroxylation is 1. The molecule has 0 bridgehead atoms. The number of allylic oxidation sites excluding steroid dienone is 1. The van der Waals surface area contributed by atoms with Gasteiger partial charge in [0.05, 0.1) is 0 Å². The number of carbonyl (C=O) groups is 1. The summed E-state index contributed by atoms with van der Waals surface area (Å²) < 4.78 is 0. The maximum absolute atomic E-state index is 10.8. The molecule has 1 aromatic rings. The van der Waals surface area contributed by atoms with Crippen LogP contribution in [-0.2, 0) is 11.2 Å². The summed E-state index contributed by atoms with van der Waals surface area (Å²) in [6, 6.07) is 6.31. The molecule has 2 heteroatoms. The van der Waals surface area contributed by atoms with Gasteiger partial charge in [0.25, 0.3) is 0 Å². The molecule has 16 heavy (non-hydrogen) atoms. The Morgan fingerprint density at radius 1 is 1.44 bits per heavy atom. The molecule has 1 atom stereocenters. The summed E-state index contributed by atoms with van der Waals surface area (Å²) in [5, 5.41) is 8.87. The minimum atomic E-state index is -0.850. The highest BCUT2D eigenvalue weighted by molar-refractivity contribution is 5.91. The van der Waals surface area contributed by atoms with Crippen molar-refractivity contribution in [1.82, 2.24) is 0 Å².